The van der Waals surface area contributed by atoms with E-state index >= 15 is 0 Å². The average molecular weight is 324 g/mol. The SMILES string of the molecule is CCCN(CCC(=O)c1ccccc1Br)CC1CC1. The van der Waals surface area contributed by atoms with Crippen LogP contribution in [-0.4, -0.2) is 30.3 Å². The van der Waals surface area contributed by atoms with E-state index in [1.54, 1.807) is 0 Å². The van der Waals surface area contributed by atoms with E-state index in [2.05, 4.69) is 27.8 Å². The van der Waals surface area contributed by atoms with E-state index < -0.39 is 0 Å². The Labute approximate surface area is 124 Å². The van der Waals surface area contributed by atoms with Crippen LogP contribution in [0.1, 0.15) is 43.0 Å². The molecule has 0 radical (unpaired) electrons. The highest BCUT2D eigenvalue weighted by Crippen LogP contribution is 2.29. The molecule has 0 atom stereocenters. The van der Waals surface area contributed by atoms with Gasteiger partial charge in [-0.1, -0.05) is 41.1 Å². The summed E-state index contributed by atoms with van der Waals surface area (Å²) < 4.78 is 0.907. The lowest BCUT2D eigenvalue weighted by molar-refractivity contribution is 0.0962. The van der Waals surface area contributed by atoms with Crippen LogP contribution in [0.3, 0.4) is 0 Å². The highest BCUT2D eigenvalue weighted by Gasteiger charge is 2.24. The van der Waals surface area contributed by atoms with Crippen LogP contribution in [0.2, 0.25) is 0 Å². The number of benzene rings is 1. The third-order valence-corrected chi connectivity index (χ3v) is 4.27. The summed E-state index contributed by atoms with van der Waals surface area (Å²) in [6, 6.07) is 7.70. The largest absolute Gasteiger partial charge is 0.303 e. The first-order chi connectivity index (χ1) is 9.20. The van der Waals surface area contributed by atoms with Gasteiger partial charge in [-0.05, 0) is 37.8 Å². The average Bonchev–Trinajstić information content (AvgIpc) is 3.20. The highest BCUT2D eigenvalue weighted by atomic mass is 79.9. The van der Waals surface area contributed by atoms with E-state index in [9.17, 15) is 4.79 Å². The molecule has 0 saturated heterocycles. The maximum atomic E-state index is 12.2. The zero-order chi connectivity index (χ0) is 13.7. The molecule has 1 saturated carbocycles. The molecule has 1 aromatic carbocycles. The van der Waals surface area contributed by atoms with Gasteiger partial charge >= 0.3 is 0 Å². The van der Waals surface area contributed by atoms with Crippen LogP contribution in [0.4, 0.5) is 0 Å². The fourth-order valence-corrected chi connectivity index (χ4v) is 2.86. The molecule has 0 aliphatic heterocycles. The Morgan fingerprint density at radius 1 is 1.32 bits per heavy atom. The summed E-state index contributed by atoms with van der Waals surface area (Å²) >= 11 is 3.45. The number of ketones is 1. The van der Waals surface area contributed by atoms with Crippen LogP contribution in [0, 0.1) is 5.92 Å². The summed E-state index contributed by atoms with van der Waals surface area (Å²) in [7, 11) is 0. The molecule has 2 nitrogen and oxygen atoms in total. The van der Waals surface area contributed by atoms with Crippen molar-refractivity contribution in [1.82, 2.24) is 4.90 Å². The molecule has 104 valence electrons. The molecule has 1 aliphatic carbocycles. The highest BCUT2D eigenvalue weighted by molar-refractivity contribution is 9.10. The molecular weight excluding hydrogens is 302 g/mol. The summed E-state index contributed by atoms with van der Waals surface area (Å²) in [5.41, 5.74) is 0.811. The van der Waals surface area contributed by atoms with Gasteiger partial charge in [-0.15, -0.1) is 0 Å². The van der Waals surface area contributed by atoms with Gasteiger partial charge in [-0.3, -0.25) is 4.79 Å². The van der Waals surface area contributed by atoms with Gasteiger partial charge in [0.05, 0.1) is 0 Å². The van der Waals surface area contributed by atoms with Crippen molar-refractivity contribution < 1.29 is 4.79 Å². The van der Waals surface area contributed by atoms with Crippen LogP contribution >= 0.6 is 15.9 Å². The fraction of sp³-hybridized carbons (Fsp3) is 0.562. The molecule has 0 bridgehead atoms. The molecular formula is C16H22BrNO. The molecule has 1 fully saturated rings. The Bertz CT molecular complexity index is 429. The Morgan fingerprint density at radius 2 is 2.05 bits per heavy atom. The second-order valence-corrected chi connectivity index (χ2v) is 6.25. The standard InChI is InChI=1S/C16H22BrNO/c1-2-10-18(12-13-7-8-13)11-9-16(19)14-5-3-4-6-15(14)17/h3-6,13H,2,7-12H2,1H3. The summed E-state index contributed by atoms with van der Waals surface area (Å²) in [6.07, 6.45) is 4.53. The number of hydrogen-bond acceptors (Lipinski definition) is 2. The molecule has 2 rings (SSSR count). The maximum absolute atomic E-state index is 12.2. The number of carbonyl (C=O) groups is 1. The Kier molecular flexibility index (Phi) is 5.59. The smallest absolute Gasteiger partial charge is 0.165 e. The monoisotopic (exact) mass is 323 g/mol. The van der Waals surface area contributed by atoms with E-state index in [4.69, 9.17) is 0 Å². The van der Waals surface area contributed by atoms with Gasteiger partial charge < -0.3 is 4.90 Å². The first-order valence-electron chi connectivity index (χ1n) is 7.20. The van der Waals surface area contributed by atoms with Crippen molar-refractivity contribution in [3.8, 4) is 0 Å². The van der Waals surface area contributed by atoms with Crippen LogP contribution in [0.25, 0.3) is 0 Å². The number of carbonyl (C=O) groups excluding carboxylic acids is 1. The van der Waals surface area contributed by atoms with E-state index in [0.717, 1.165) is 35.5 Å². The first kappa shape index (κ1) is 14.7. The van der Waals surface area contributed by atoms with E-state index in [-0.39, 0.29) is 5.78 Å². The number of hydrogen-bond donors (Lipinski definition) is 0. The Morgan fingerprint density at radius 3 is 2.68 bits per heavy atom. The van der Waals surface area contributed by atoms with Crippen molar-refractivity contribution in [2.24, 2.45) is 5.92 Å². The lowest BCUT2D eigenvalue weighted by atomic mass is 10.1. The molecule has 19 heavy (non-hydrogen) atoms. The molecule has 0 unspecified atom stereocenters. The van der Waals surface area contributed by atoms with Gasteiger partial charge in [0.2, 0.25) is 0 Å². The minimum atomic E-state index is 0.240. The number of rotatable bonds is 8. The van der Waals surface area contributed by atoms with Crippen molar-refractivity contribution in [2.75, 3.05) is 19.6 Å². The molecule has 0 N–H and O–H groups in total. The normalized spacial score (nSPS) is 14.9. The third kappa shape index (κ3) is 4.73. The summed E-state index contributed by atoms with van der Waals surface area (Å²) in [6.45, 7) is 5.39. The van der Waals surface area contributed by atoms with Gasteiger partial charge in [0, 0.05) is 29.5 Å². The van der Waals surface area contributed by atoms with Gasteiger partial charge in [-0.2, -0.15) is 0 Å². The topological polar surface area (TPSA) is 20.3 Å². The van der Waals surface area contributed by atoms with E-state index in [0.29, 0.717) is 6.42 Å². The second kappa shape index (κ2) is 7.20. The fourth-order valence-electron chi connectivity index (χ4n) is 2.36. The van der Waals surface area contributed by atoms with E-state index in [1.165, 1.54) is 19.4 Å². The zero-order valence-electron chi connectivity index (χ0n) is 11.6. The predicted octanol–water partition coefficient (Wildman–Crippen LogP) is 4.14. The summed E-state index contributed by atoms with van der Waals surface area (Å²) in [5, 5.41) is 0. The van der Waals surface area contributed by atoms with Crippen LogP contribution in [0.5, 0.6) is 0 Å². The Hall–Kier alpha value is -0.670. The van der Waals surface area contributed by atoms with Gasteiger partial charge in [0.25, 0.3) is 0 Å². The van der Waals surface area contributed by atoms with Crippen molar-refractivity contribution in [3.05, 3.63) is 34.3 Å². The van der Waals surface area contributed by atoms with Crippen LogP contribution in [-0.2, 0) is 0 Å². The van der Waals surface area contributed by atoms with Gasteiger partial charge in [-0.25, -0.2) is 0 Å². The summed E-state index contributed by atoms with van der Waals surface area (Å²) in [5.74, 6) is 1.13. The van der Waals surface area contributed by atoms with Gasteiger partial charge in [0.15, 0.2) is 5.78 Å². The zero-order valence-corrected chi connectivity index (χ0v) is 13.2. The molecule has 1 aliphatic rings. The number of Topliss-reactive ketones (excluding diaryl/α,β-unsaturated/α-hetero) is 1. The van der Waals surface area contributed by atoms with Crippen molar-refractivity contribution >= 4 is 21.7 Å². The minimum absolute atomic E-state index is 0.240. The maximum Gasteiger partial charge on any atom is 0.165 e. The molecule has 3 heteroatoms. The second-order valence-electron chi connectivity index (χ2n) is 5.40. The van der Waals surface area contributed by atoms with Crippen molar-refractivity contribution in [1.29, 1.82) is 0 Å². The minimum Gasteiger partial charge on any atom is -0.303 e. The Balaban J connectivity index is 1.85. The quantitative estimate of drug-likeness (QED) is 0.670. The van der Waals surface area contributed by atoms with Crippen LogP contribution < -0.4 is 0 Å². The number of nitrogens with zero attached hydrogens (tertiary/aromatic N) is 1. The molecule has 0 spiro atoms. The summed E-state index contributed by atoms with van der Waals surface area (Å²) in [4.78, 5) is 14.7. The van der Waals surface area contributed by atoms with Crippen LogP contribution in [0.15, 0.2) is 28.7 Å². The third-order valence-electron chi connectivity index (χ3n) is 3.58. The first-order valence-corrected chi connectivity index (χ1v) is 8.00. The molecule has 0 heterocycles. The lowest BCUT2D eigenvalue weighted by Crippen LogP contribution is -2.29. The number of halogens is 1. The van der Waals surface area contributed by atoms with Crippen molar-refractivity contribution in [2.45, 2.75) is 32.6 Å². The van der Waals surface area contributed by atoms with E-state index in [1.807, 2.05) is 24.3 Å². The van der Waals surface area contributed by atoms with Crippen molar-refractivity contribution in [3.63, 3.8) is 0 Å². The molecule has 0 amide bonds. The molecule has 0 aromatic heterocycles. The lowest BCUT2D eigenvalue weighted by Gasteiger charge is -2.21. The predicted molar refractivity (Wildman–Crippen MR) is 82.5 cm³/mol. The molecule has 1 aromatic rings. The van der Waals surface area contributed by atoms with Gasteiger partial charge in [0.1, 0.15) is 0 Å².